The molecule has 0 atom stereocenters. The van der Waals surface area contributed by atoms with E-state index in [9.17, 15) is 4.79 Å². The number of hydrogen-bond donors (Lipinski definition) is 1. The first kappa shape index (κ1) is 21.9. The molecule has 0 fully saturated rings. The molecule has 2 aromatic carbocycles. The molecule has 7 heteroatoms. The molecule has 158 valence electrons. The second-order valence-corrected chi connectivity index (χ2v) is 8.62. The Morgan fingerprint density at radius 2 is 1.87 bits per heavy atom. The zero-order chi connectivity index (χ0) is 21.7. The Bertz CT molecular complexity index is 1010. The summed E-state index contributed by atoms with van der Waals surface area (Å²) in [5.41, 5.74) is 4.03. The quantitative estimate of drug-likeness (QED) is 0.523. The molecule has 0 spiro atoms. The van der Waals surface area contributed by atoms with Gasteiger partial charge in [-0.3, -0.25) is 4.79 Å². The van der Waals surface area contributed by atoms with Crippen molar-refractivity contribution in [1.29, 1.82) is 0 Å². The largest absolute Gasteiger partial charge is 0.493 e. The Morgan fingerprint density at radius 1 is 1.13 bits per heavy atom. The highest BCUT2D eigenvalue weighted by Gasteiger charge is 2.14. The third kappa shape index (κ3) is 5.42. The third-order valence-corrected chi connectivity index (χ3v) is 5.76. The lowest BCUT2D eigenvalue weighted by molar-refractivity contribution is -0.113. The Balaban J connectivity index is 1.61. The molecule has 0 radical (unpaired) electrons. The first-order valence-corrected chi connectivity index (χ1v) is 10.9. The van der Waals surface area contributed by atoms with Gasteiger partial charge in [0, 0.05) is 18.3 Å². The first-order chi connectivity index (χ1) is 14.3. The fourth-order valence-electron chi connectivity index (χ4n) is 2.86. The number of aromatic nitrogens is 3. The van der Waals surface area contributed by atoms with Crippen molar-refractivity contribution in [2.45, 2.75) is 32.9 Å². The van der Waals surface area contributed by atoms with Crippen molar-refractivity contribution in [3.05, 3.63) is 53.6 Å². The van der Waals surface area contributed by atoms with Gasteiger partial charge in [0.1, 0.15) is 5.75 Å². The Kier molecular flexibility index (Phi) is 7.15. The van der Waals surface area contributed by atoms with Gasteiger partial charge >= 0.3 is 0 Å². The summed E-state index contributed by atoms with van der Waals surface area (Å²) in [7, 11) is 1.91. The number of hydrogen-bond acceptors (Lipinski definition) is 5. The van der Waals surface area contributed by atoms with Gasteiger partial charge in [0.25, 0.3) is 0 Å². The highest BCUT2D eigenvalue weighted by molar-refractivity contribution is 7.99. The third-order valence-electron chi connectivity index (χ3n) is 4.74. The molecule has 1 aromatic heterocycles. The minimum atomic E-state index is -0.0649. The molecule has 0 saturated heterocycles. The van der Waals surface area contributed by atoms with Crippen LogP contribution >= 0.6 is 11.8 Å². The van der Waals surface area contributed by atoms with Crippen LogP contribution in [0.1, 0.15) is 25.0 Å². The van der Waals surface area contributed by atoms with Crippen LogP contribution < -0.4 is 10.1 Å². The van der Waals surface area contributed by atoms with Crippen LogP contribution in [-0.2, 0) is 11.8 Å². The van der Waals surface area contributed by atoms with E-state index in [1.165, 1.54) is 11.8 Å². The predicted octanol–water partition coefficient (Wildman–Crippen LogP) is 4.86. The van der Waals surface area contributed by atoms with Gasteiger partial charge in [-0.25, -0.2) is 0 Å². The van der Waals surface area contributed by atoms with Crippen LogP contribution in [0.15, 0.2) is 47.6 Å². The molecule has 0 aliphatic heterocycles. The van der Waals surface area contributed by atoms with Crippen molar-refractivity contribution >= 4 is 23.4 Å². The minimum absolute atomic E-state index is 0.0649. The summed E-state index contributed by atoms with van der Waals surface area (Å²) >= 11 is 1.37. The van der Waals surface area contributed by atoms with Crippen LogP contribution in [0.2, 0.25) is 0 Å². The summed E-state index contributed by atoms with van der Waals surface area (Å²) in [4.78, 5) is 12.4. The van der Waals surface area contributed by atoms with Crippen molar-refractivity contribution in [1.82, 2.24) is 14.8 Å². The summed E-state index contributed by atoms with van der Waals surface area (Å²) in [6, 6.07) is 13.7. The predicted molar refractivity (Wildman–Crippen MR) is 122 cm³/mol. The molecule has 1 heterocycles. The highest BCUT2D eigenvalue weighted by Crippen LogP contribution is 2.25. The summed E-state index contributed by atoms with van der Waals surface area (Å²) in [5.74, 6) is 2.27. The number of nitrogens with zero attached hydrogens (tertiary/aromatic N) is 3. The molecule has 30 heavy (non-hydrogen) atoms. The number of nitrogens with one attached hydrogen (secondary N) is 1. The van der Waals surface area contributed by atoms with E-state index < -0.39 is 0 Å². The summed E-state index contributed by atoms with van der Waals surface area (Å²) in [5, 5.41) is 12.2. The number of ether oxygens (including phenoxy) is 1. The van der Waals surface area contributed by atoms with E-state index in [2.05, 4.69) is 29.4 Å². The Morgan fingerprint density at radius 3 is 2.57 bits per heavy atom. The molecular formula is C23H28N4O2S. The van der Waals surface area contributed by atoms with Gasteiger partial charge in [-0.2, -0.15) is 0 Å². The van der Waals surface area contributed by atoms with Gasteiger partial charge in [0.15, 0.2) is 11.0 Å². The maximum atomic E-state index is 12.4. The fourth-order valence-corrected chi connectivity index (χ4v) is 3.57. The first-order valence-electron chi connectivity index (χ1n) is 9.96. The Hall–Kier alpha value is -2.80. The number of benzene rings is 2. The normalized spacial score (nSPS) is 11.0. The lowest BCUT2D eigenvalue weighted by Gasteiger charge is -2.10. The minimum Gasteiger partial charge on any atom is -0.493 e. The second-order valence-electron chi connectivity index (χ2n) is 7.68. The maximum Gasteiger partial charge on any atom is 0.234 e. The van der Waals surface area contributed by atoms with E-state index in [0.29, 0.717) is 17.7 Å². The van der Waals surface area contributed by atoms with E-state index in [4.69, 9.17) is 4.74 Å². The van der Waals surface area contributed by atoms with Crippen molar-refractivity contribution in [2.75, 3.05) is 17.7 Å². The zero-order valence-electron chi connectivity index (χ0n) is 18.1. The standard InChI is InChI=1S/C23H28N4O2S/c1-15(2)13-29-19-11-9-18(10-12-19)22-25-26-23(27(22)5)30-14-21(28)24-20-8-6-7-16(3)17(20)4/h6-12,15H,13-14H2,1-5H3,(H,24,28). The van der Waals surface area contributed by atoms with Crippen LogP contribution in [0, 0.1) is 19.8 Å². The molecule has 0 aliphatic carbocycles. The van der Waals surface area contributed by atoms with Crippen molar-refractivity contribution in [3.8, 4) is 17.1 Å². The van der Waals surface area contributed by atoms with Crippen molar-refractivity contribution in [2.24, 2.45) is 13.0 Å². The number of amides is 1. The number of carbonyl (C=O) groups is 1. The summed E-state index contributed by atoms with van der Waals surface area (Å²) in [6.45, 7) is 8.97. The average Bonchev–Trinajstić information content (AvgIpc) is 3.09. The number of carbonyl (C=O) groups excluding carboxylic acids is 1. The number of anilines is 1. The SMILES string of the molecule is Cc1cccc(NC(=O)CSc2nnc(-c3ccc(OCC(C)C)cc3)n2C)c1C. The molecule has 1 N–H and O–H groups in total. The van der Waals surface area contributed by atoms with E-state index in [1.54, 1.807) is 0 Å². The van der Waals surface area contributed by atoms with E-state index >= 15 is 0 Å². The van der Waals surface area contributed by atoms with Crippen LogP contribution in [0.25, 0.3) is 11.4 Å². The van der Waals surface area contributed by atoms with E-state index in [0.717, 1.165) is 34.0 Å². The van der Waals surface area contributed by atoms with Crippen molar-refractivity contribution in [3.63, 3.8) is 0 Å². The number of thioether (sulfide) groups is 1. The van der Waals surface area contributed by atoms with Gasteiger partial charge in [-0.15, -0.1) is 10.2 Å². The van der Waals surface area contributed by atoms with Gasteiger partial charge < -0.3 is 14.6 Å². The van der Waals surface area contributed by atoms with Crippen LogP contribution in [0.5, 0.6) is 5.75 Å². The second kappa shape index (κ2) is 9.80. The Labute approximate surface area is 182 Å². The van der Waals surface area contributed by atoms with Crippen LogP contribution in [0.3, 0.4) is 0 Å². The van der Waals surface area contributed by atoms with Gasteiger partial charge in [0.05, 0.1) is 12.4 Å². The van der Waals surface area contributed by atoms with Gasteiger partial charge in [0.2, 0.25) is 5.91 Å². The summed E-state index contributed by atoms with van der Waals surface area (Å²) in [6.07, 6.45) is 0. The van der Waals surface area contributed by atoms with Gasteiger partial charge in [-0.1, -0.05) is 37.7 Å². The van der Waals surface area contributed by atoms with E-state index in [-0.39, 0.29) is 11.7 Å². The average molecular weight is 425 g/mol. The smallest absolute Gasteiger partial charge is 0.234 e. The van der Waals surface area contributed by atoms with E-state index in [1.807, 2.05) is 67.9 Å². The lowest BCUT2D eigenvalue weighted by atomic mass is 10.1. The zero-order valence-corrected chi connectivity index (χ0v) is 18.9. The highest BCUT2D eigenvalue weighted by atomic mass is 32.2. The van der Waals surface area contributed by atoms with Crippen LogP contribution in [-0.4, -0.2) is 33.0 Å². The topological polar surface area (TPSA) is 69.0 Å². The maximum absolute atomic E-state index is 12.4. The van der Waals surface area contributed by atoms with Gasteiger partial charge in [-0.05, 0) is 61.2 Å². The lowest BCUT2D eigenvalue weighted by Crippen LogP contribution is -2.15. The molecule has 0 saturated carbocycles. The van der Waals surface area contributed by atoms with Crippen molar-refractivity contribution < 1.29 is 9.53 Å². The molecule has 3 aromatic rings. The number of rotatable bonds is 8. The molecule has 6 nitrogen and oxygen atoms in total. The fraction of sp³-hybridized carbons (Fsp3) is 0.348. The summed E-state index contributed by atoms with van der Waals surface area (Å²) < 4.78 is 7.63. The number of aryl methyl sites for hydroxylation is 1. The molecule has 3 rings (SSSR count). The molecule has 1 amide bonds. The molecule has 0 bridgehead atoms. The molecular weight excluding hydrogens is 396 g/mol. The van der Waals surface area contributed by atoms with Crippen LogP contribution in [0.4, 0.5) is 5.69 Å². The molecule has 0 aliphatic rings. The monoisotopic (exact) mass is 424 g/mol. The molecule has 0 unspecified atom stereocenters.